The van der Waals surface area contributed by atoms with E-state index in [2.05, 4.69) is 21.8 Å². The summed E-state index contributed by atoms with van der Waals surface area (Å²) in [7, 11) is 1.98. The average molecular weight is 246 g/mol. The molecule has 2 heterocycles. The van der Waals surface area contributed by atoms with Gasteiger partial charge in [-0.3, -0.25) is 5.41 Å². The fourth-order valence-corrected chi connectivity index (χ4v) is 2.19. The maximum absolute atomic E-state index is 7.40. The highest BCUT2D eigenvalue weighted by Gasteiger charge is 2.05. The number of anilines is 1. The Hall–Kier alpha value is -1.88. The fourth-order valence-electron chi connectivity index (χ4n) is 1.53. The molecule has 0 bridgehead atoms. The Kier molecular flexibility index (Phi) is 3.39. The number of nitrogens with one attached hydrogen (secondary N) is 1. The van der Waals surface area contributed by atoms with Crippen molar-refractivity contribution in [3.05, 3.63) is 46.3 Å². The molecule has 0 aliphatic rings. The summed E-state index contributed by atoms with van der Waals surface area (Å²) >= 11 is 1.68. The van der Waals surface area contributed by atoms with Crippen molar-refractivity contribution in [2.24, 2.45) is 5.73 Å². The zero-order valence-corrected chi connectivity index (χ0v) is 10.4. The molecule has 88 valence electrons. The third-order valence-corrected chi connectivity index (χ3v) is 3.18. The quantitative estimate of drug-likeness (QED) is 0.641. The molecule has 0 radical (unpaired) electrons. The van der Waals surface area contributed by atoms with Crippen LogP contribution in [0.1, 0.15) is 11.1 Å². The highest BCUT2D eigenvalue weighted by atomic mass is 32.1. The van der Waals surface area contributed by atoms with Crippen LogP contribution < -0.4 is 10.6 Å². The van der Waals surface area contributed by atoms with Gasteiger partial charge in [-0.1, -0.05) is 0 Å². The third-order valence-electron chi connectivity index (χ3n) is 2.45. The van der Waals surface area contributed by atoms with E-state index in [1.807, 2.05) is 18.0 Å². The van der Waals surface area contributed by atoms with Crippen LogP contribution >= 0.6 is 11.3 Å². The van der Waals surface area contributed by atoms with Gasteiger partial charge in [-0.05, 0) is 34.5 Å². The molecule has 5 heteroatoms. The van der Waals surface area contributed by atoms with Gasteiger partial charge in [0, 0.05) is 25.4 Å². The van der Waals surface area contributed by atoms with Crippen LogP contribution in [0.15, 0.2) is 35.2 Å². The number of nitrogen functional groups attached to an aromatic ring is 1. The molecule has 0 fully saturated rings. The van der Waals surface area contributed by atoms with Crippen LogP contribution in [0.2, 0.25) is 0 Å². The van der Waals surface area contributed by atoms with E-state index in [-0.39, 0.29) is 5.84 Å². The van der Waals surface area contributed by atoms with Gasteiger partial charge in [0.25, 0.3) is 0 Å². The normalized spacial score (nSPS) is 10.2. The fraction of sp³-hybridized carbons (Fsp3) is 0.167. The van der Waals surface area contributed by atoms with E-state index in [0.717, 1.165) is 12.4 Å². The van der Waals surface area contributed by atoms with Crippen molar-refractivity contribution < 1.29 is 0 Å². The van der Waals surface area contributed by atoms with Crippen molar-refractivity contribution in [3.8, 4) is 0 Å². The summed E-state index contributed by atoms with van der Waals surface area (Å²) in [4.78, 5) is 6.32. The molecule has 0 saturated heterocycles. The van der Waals surface area contributed by atoms with Crippen LogP contribution in [0, 0.1) is 5.41 Å². The van der Waals surface area contributed by atoms with E-state index in [1.165, 1.54) is 5.56 Å². The van der Waals surface area contributed by atoms with Gasteiger partial charge in [-0.2, -0.15) is 11.3 Å². The molecule has 0 aliphatic heterocycles. The Morgan fingerprint density at radius 2 is 2.35 bits per heavy atom. The lowest BCUT2D eigenvalue weighted by Crippen LogP contribution is -2.19. The van der Waals surface area contributed by atoms with E-state index < -0.39 is 0 Å². The molecule has 0 aliphatic carbocycles. The predicted molar refractivity (Wildman–Crippen MR) is 71.7 cm³/mol. The number of hydrogen-bond donors (Lipinski definition) is 2. The maximum atomic E-state index is 7.40. The molecule has 2 aromatic rings. The van der Waals surface area contributed by atoms with Crippen LogP contribution in [0.4, 0.5) is 5.82 Å². The minimum absolute atomic E-state index is 0.0672. The Bertz CT molecular complexity index is 507. The number of pyridine rings is 1. The summed E-state index contributed by atoms with van der Waals surface area (Å²) in [5.74, 6) is 0.890. The van der Waals surface area contributed by atoms with Gasteiger partial charge < -0.3 is 10.6 Å². The lowest BCUT2D eigenvalue weighted by Gasteiger charge is -2.17. The van der Waals surface area contributed by atoms with Crippen LogP contribution in [-0.2, 0) is 6.54 Å². The molecule has 0 spiro atoms. The Morgan fingerprint density at radius 1 is 1.53 bits per heavy atom. The molecule has 4 nitrogen and oxygen atoms in total. The van der Waals surface area contributed by atoms with Gasteiger partial charge in [0.05, 0.1) is 0 Å². The van der Waals surface area contributed by atoms with Crippen LogP contribution in [0.25, 0.3) is 0 Å². The zero-order chi connectivity index (χ0) is 12.3. The van der Waals surface area contributed by atoms with Crippen molar-refractivity contribution >= 4 is 23.0 Å². The number of rotatable bonds is 4. The van der Waals surface area contributed by atoms with Crippen molar-refractivity contribution in [3.63, 3.8) is 0 Å². The molecular weight excluding hydrogens is 232 g/mol. The molecule has 0 unspecified atom stereocenters. The van der Waals surface area contributed by atoms with Gasteiger partial charge in [-0.15, -0.1) is 0 Å². The van der Waals surface area contributed by atoms with Crippen molar-refractivity contribution in [1.29, 1.82) is 5.41 Å². The summed E-state index contributed by atoms with van der Waals surface area (Å²) in [6, 6.07) is 5.66. The Labute approximate surface area is 104 Å². The Morgan fingerprint density at radius 3 is 3.00 bits per heavy atom. The highest BCUT2D eigenvalue weighted by Crippen LogP contribution is 2.15. The number of amidine groups is 1. The first-order valence-corrected chi connectivity index (χ1v) is 6.14. The second-order valence-corrected chi connectivity index (χ2v) is 4.58. The first-order chi connectivity index (χ1) is 8.16. The number of hydrogen-bond acceptors (Lipinski definition) is 4. The van der Waals surface area contributed by atoms with Gasteiger partial charge in [-0.25, -0.2) is 4.98 Å². The summed E-state index contributed by atoms with van der Waals surface area (Å²) < 4.78 is 0. The second-order valence-electron chi connectivity index (χ2n) is 3.80. The number of aromatic nitrogens is 1. The lowest BCUT2D eigenvalue weighted by atomic mass is 10.2. The lowest BCUT2D eigenvalue weighted by molar-refractivity contribution is 0.901. The average Bonchev–Trinajstić information content (AvgIpc) is 2.82. The highest BCUT2D eigenvalue weighted by molar-refractivity contribution is 7.07. The first-order valence-electron chi connectivity index (χ1n) is 5.19. The number of thiophene rings is 1. The minimum atomic E-state index is 0.0672. The molecule has 3 N–H and O–H groups in total. The molecule has 0 atom stereocenters. The zero-order valence-electron chi connectivity index (χ0n) is 9.55. The summed E-state index contributed by atoms with van der Waals surface area (Å²) in [5.41, 5.74) is 7.42. The molecule has 2 rings (SSSR count). The molecule has 2 aromatic heterocycles. The molecule has 17 heavy (non-hydrogen) atoms. The minimum Gasteiger partial charge on any atom is -0.384 e. The van der Waals surface area contributed by atoms with Crippen molar-refractivity contribution in [1.82, 2.24) is 4.98 Å². The van der Waals surface area contributed by atoms with Crippen LogP contribution in [-0.4, -0.2) is 17.9 Å². The first kappa shape index (κ1) is 11.6. The third kappa shape index (κ3) is 2.82. The van der Waals surface area contributed by atoms with E-state index in [4.69, 9.17) is 11.1 Å². The molecule has 0 aromatic carbocycles. The summed E-state index contributed by atoms with van der Waals surface area (Å²) in [5, 5.41) is 11.6. The standard InChI is InChI=1S/C12H14N4S/c1-16(7-9-3-5-17-8-9)11-6-10(12(13)14)2-4-15-11/h2-6,8H,7H2,1H3,(H3,13,14). The molecule has 0 saturated carbocycles. The second kappa shape index (κ2) is 4.97. The van der Waals surface area contributed by atoms with E-state index in [0.29, 0.717) is 5.56 Å². The number of nitrogens with two attached hydrogens (primary N) is 1. The Balaban J connectivity index is 2.16. The molecular formula is C12H14N4S. The van der Waals surface area contributed by atoms with E-state index in [9.17, 15) is 0 Å². The van der Waals surface area contributed by atoms with Gasteiger partial charge in [0.1, 0.15) is 11.7 Å². The molecule has 0 amide bonds. The topological polar surface area (TPSA) is 66.0 Å². The smallest absolute Gasteiger partial charge is 0.129 e. The number of nitrogens with zero attached hydrogens (tertiary/aromatic N) is 2. The van der Waals surface area contributed by atoms with E-state index in [1.54, 1.807) is 23.6 Å². The summed E-state index contributed by atoms with van der Waals surface area (Å²) in [6.07, 6.45) is 1.68. The summed E-state index contributed by atoms with van der Waals surface area (Å²) in [6.45, 7) is 0.803. The van der Waals surface area contributed by atoms with Gasteiger partial charge >= 0.3 is 0 Å². The van der Waals surface area contributed by atoms with Gasteiger partial charge in [0.15, 0.2) is 0 Å². The van der Waals surface area contributed by atoms with Crippen LogP contribution in [0.3, 0.4) is 0 Å². The van der Waals surface area contributed by atoms with Crippen LogP contribution in [0.5, 0.6) is 0 Å². The van der Waals surface area contributed by atoms with Crippen molar-refractivity contribution in [2.75, 3.05) is 11.9 Å². The maximum Gasteiger partial charge on any atom is 0.129 e. The van der Waals surface area contributed by atoms with Crippen molar-refractivity contribution in [2.45, 2.75) is 6.54 Å². The SMILES string of the molecule is CN(Cc1ccsc1)c1cc(C(=N)N)ccn1. The largest absolute Gasteiger partial charge is 0.384 e. The predicted octanol–water partition coefficient (Wildman–Crippen LogP) is 2.06. The van der Waals surface area contributed by atoms with E-state index >= 15 is 0 Å². The van der Waals surface area contributed by atoms with Gasteiger partial charge in [0.2, 0.25) is 0 Å². The monoisotopic (exact) mass is 246 g/mol.